The van der Waals surface area contributed by atoms with Crippen LogP contribution in [0.25, 0.3) is 0 Å². The first kappa shape index (κ1) is 21.6. The van der Waals surface area contributed by atoms with Crippen molar-refractivity contribution < 1.29 is 19.1 Å². The molecule has 0 spiro atoms. The van der Waals surface area contributed by atoms with Crippen molar-refractivity contribution in [2.75, 3.05) is 37.1 Å². The molecule has 1 amide bonds. The highest BCUT2D eigenvalue weighted by atomic mass is 35.5. The number of hydrogen-bond donors (Lipinski definition) is 2. The Morgan fingerprint density at radius 1 is 1.32 bits per heavy atom. The fourth-order valence-electron chi connectivity index (χ4n) is 2.33. The molecule has 25 heavy (non-hydrogen) atoms. The van der Waals surface area contributed by atoms with Crippen LogP contribution in [-0.2, 0) is 14.3 Å². The highest BCUT2D eigenvalue weighted by molar-refractivity contribution is 7.99. The van der Waals surface area contributed by atoms with Gasteiger partial charge in [-0.3, -0.25) is 9.59 Å². The number of rotatable bonds is 8. The smallest absolute Gasteiger partial charge is 0.305 e. The lowest BCUT2D eigenvalue weighted by Gasteiger charge is -2.22. The first-order valence-electron chi connectivity index (χ1n) is 8.08. The van der Waals surface area contributed by atoms with Crippen LogP contribution in [0.3, 0.4) is 0 Å². The van der Waals surface area contributed by atoms with Crippen molar-refractivity contribution in [2.24, 2.45) is 0 Å². The standard InChI is InChI=1S/C17H24N2O4S.ClH/c1-22-17(21)3-2-9-23-15-6-4-13(5-7-15)19-16(20)11-14-12-24-10-8-18-14;/h4-7,14,18H,2-3,8-12H2,1H3,(H,19,20);1H. The molecule has 1 aromatic rings. The number of carbonyl (C=O) groups excluding carboxylic acids is 2. The number of esters is 1. The van der Waals surface area contributed by atoms with Crippen molar-refractivity contribution in [3.63, 3.8) is 0 Å². The fourth-order valence-corrected chi connectivity index (χ4v) is 3.28. The first-order chi connectivity index (χ1) is 11.7. The van der Waals surface area contributed by atoms with Crippen molar-refractivity contribution in [1.82, 2.24) is 5.32 Å². The molecule has 1 aliphatic heterocycles. The quantitative estimate of drug-likeness (QED) is 0.526. The number of ether oxygens (including phenoxy) is 2. The summed E-state index contributed by atoms with van der Waals surface area (Å²) >= 11 is 1.88. The number of nitrogens with one attached hydrogen (secondary N) is 2. The van der Waals surface area contributed by atoms with Crippen molar-refractivity contribution in [1.29, 1.82) is 0 Å². The van der Waals surface area contributed by atoms with Gasteiger partial charge in [-0.05, 0) is 30.7 Å². The Bertz CT molecular complexity index is 536. The summed E-state index contributed by atoms with van der Waals surface area (Å²) in [4.78, 5) is 23.0. The molecule has 1 aromatic carbocycles. The Hall–Kier alpha value is -1.44. The summed E-state index contributed by atoms with van der Waals surface area (Å²) in [5.74, 6) is 2.58. The zero-order valence-electron chi connectivity index (χ0n) is 14.3. The van der Waals surface area contributed by atoms with Crippen molar-refractivity contribution >= 4 is 41.7 Å². The number of benzene rings is 1. The molecule has 1 atom stereocenters. The van der Waals surface area contributed by atoms with E-state index in [0.717, 1.165) is 23.7 Å². The van der Waals surface area contributed by atoms with Crippen molar-refractivity contribution in [3.8, 4) is 5.75 Å². The van der Waals surface area contributed by atoms with Gasteiger partial charge >= 0.3 is 5.97 Å². The number of carbonyl (C=O) groups is 2. The van der Waals surface area contributed by atoms with Gasteiger partial charge in [0.2, 0.25) is 5.91 Å². The maximum absolute atomic E-state index is 12.0. The summed E-state index contributed by atoms with van der Waals surface area (Å²) in [5.41, 5.74) is 0.755. The summed E-state index contributed by atoms with van der Waals surface area (Å²) in [6.45, 7) is 1.41. The molecular weight excluding hydrogens is 364 g/mol. The van der Waals surface area contributed by atoms with Gasteiger partial charge in [0, 0.05) is 42.6 Å². The summed E-state index contributed by atoms with van der Waals surface area (Å²) in [6.07, 6.45) is 1.44. The molecule has 1 unspecified atom stereocenters. The summed E-state index contributed by atoms with van der Waals surface area (Å²) < 4.78 is 10.1. The number of methoxy groups -OCH3 is 1. The van der Waals surface area contributed by atoms with Gasteiger partial charge in [0.25, 0.3) is 0 Å². The first-order valence-corrected chi connectivity index (χ1v) is 9.23. The molecular formula is C17H25ClN2O4S. The van der Waals surface area contributed by atoms with Gasteiger partial charge in [0.1, 0.15) is 5.75 Å². The van der Waals surface area contributed by atoms with E-state index < -0.39 is 0 Å². The zero-order valence-corrected chi connectivity index (χ0v) is 15.9. The highest BCUT2D eigenvalue weighted by Crippen LogP contribution is 2.17. The minimum atomic E-state index is -0.234. The Morgan fingerprint density at radius 3 is 2.72 bits per heavy atom. The van der Waals surface area contributed by atoms with E-state index in [1.807, 2.05) is 36.0 Å². The molecule has 1 saturated heterocycles. The van der Waals surface area contributed by atoms with Gasteiger partial charge in [-0.2, -0.15) is 11.8 Å². The number of thioether (sulfide) groups is 1. The van der Waals surface area contributed by atoms with Gasteiger partial charge < -0.3 is 20.1 Å². The van der Waals surface area contributed by atoms with Crippen molar-refractivity contribution in [2.45, 2.75) is 25.3 Å². The number of hydrogen-bond acceptors (Lipinski definition) is 6. The fraction of sp³-hybridized carbons (Fsp3) is 0.529. The average Bonchev–Trinajstić information content (AvgIpc) is 2.60. The van der Waals surface area contributed by atoms with Crippen LogP contribution < -0.4 is 15.4 Å². The number of anilines is 1. The SMILES string of the molecule is COC(=O)CCCOc1ccc(NC(=O)CC2CSCCN2)cc1.Cl. The second kappa shape index (κ2) is 12.0. The number of halogens is 1. The molecule has 140 valence electrons. The molecule has 0 aromatic heterocycles. The third-order valence-electron chi connectivity index (χ3n) is 3.59. The predicted octanol–water partition coefficient (Wildman–Crippen LogP) is 2.47. The summed E-state index contributed by atoms with van der Waals surface area (Å²) in [7, 11) is 1.37. The van der Waals surface area contributed by atoms with Gasteiger partial charge in [0.15, 0.2) is 0 Å². The molecule has 1 fully saturated rings. The van der Waals surface area contributed by atoms with Crippen LogP contribution in [0.1, 0.15) is 19.3 Å². The Balaban J connectivity index is 0.00000312. The van der Waals surface area contributed by atoms with Crippen LogP contribution in [-0.4, -0.2) is 49.7 Å². The average molecular weight is 389 g/mol. The Labute approximate surface area is 158 Å². The lowest BCUT2D eigenvalue weighted by atomic mass is 10.2. The van der Waals surface area contributed by atoms with E-state index in [4.69, 9.17) is 4.74 Å². The maximum Gasteiger partial charge on any atom is 0.305 e. The van der Waals surface area contributed by atoms with Crippen LogP contribution in [0.15, 0.2) is 24.3 Å². The zero-order chi connectivity index (χ0) is 17.2. The monoisotopic (exact) mass is 388 g/mol. The van der Waals surface area contributed by atoms with E-state index in [2.05, 4.69) is 15.4 Å². The lowest BCUT2D eigenvalue weighted by molar-refractivity contribution is -0.140. The largest absolute Gasteiger partial charge is 0.494 e. The summed E-state index contributed by atoms with van der Waals surface area (Å²) in [5, 5.41) is 6.25. The predicted molar refractivity (Wildman–Crippen MR) is 103 cm³/mol. The van der Waals surface area contributed by atoms with E-state index >= 15 is 0 Å². The molecule has 0 radical (unpaired) electrons. The van der Waals surface area contributed by atoms with Crippen LogP contribution in [0.5, 0.6) is 5.75 Å². The normalized spacial score (nSPS) is 16.4. The molecule has 2 N–H and O–H groups in total. The van der Waals surface area contributed by atoms with E-state index in [1.54, 1.807) is 0 Å². The van der Waals surface area contributed by atoms with Crippen molar-refractivity contribution in [3.05, 3.63) is 24.3 Å². The maximum atomic E-state index is 12.0. The Kier molecular flexibility index (Phi) is 10.4. The molecule has 0 saturated carbocycles. The van der Waals surface area contributed by atoms with Crippen LogP contribution >= 0.6 is 24.2 Å². The number of amides is 1. The van der Waals surface area contributed by atoms with E-state index in [1.165, 1.54) is 7.11 Å². The molecule has 0 bridgehead atoms. The third-order valence-corrected chi connectivity index (χ3v) is 4.72. The highest BCUT2D eigenvalue weighted by Gasteiger charge is 2.16. The second-order valence-corrected chi connectivity index (χ2v) is 6.68. The molecule has 8 heteroatoms. The molecule has 0 aliphatic carbocycles. The van der Waals surface area contributed by atoms with Gasteiger partial charge in [-0.25, -0.2) is 0 Å². The van der Waals surface area contributed by atoms with Gasteiger partial charge in [-0.1, -0.05) is 0 Å². The van der Waals surface area contributed by atoms with E-state index in [-0.39, 0.29) is 30.3 Å². The van der Waals surface area contributed by atoms with Gasteiger partial charge in [0.05, 0.1) is 13.7 Å². The lowest BCUT2D eigenvalue weighted by Crippen LogP contribution is -2.39. The van der Waals surface area contributed by atoms with E-state index in [9.17, 15) is 9.59 Å². The molecule has 2 rings (SSSR count). The van der Waals surface area contributed by atoms with Crippen LogP contribution in [0.4, 0.5) is 5.69 Å². The van der Waals surface area contributed by atoms with E-state index in [0.29, 0.717) is 31.6 Å². The van der Waals surface area contributed by atoms with Crippen LogP contribution in [0.2, 0.25) is 0 Å². The third kappa shape index (κ3) is 8.47. The molecule has 1 heterocycles. The topological polar surface area (TPSA) is 76.7 Å². The minimum Gasteiger partial charge on any atom is -0.494 e. The minimum absolute atomic E-state index is 0. The molecule has 1 aliphatic rings. The van der Waals surface area contributed by atoms with Crippen LogP contribution in [0, 0.1) is 0 Å². The Morgan fingerprint density at radius 2 is 2.08 bits per heavy atom. The summed E-state index contributed by atoms with van der Waals surface area (Å²) in [6, 6.07) is 7.50. The van der Waals surface area contributed by atoms with Gasteiger partial charge in [-0.15, -0.1) is 12.4 Å². The molecule has 6 nitrogen and oxygen atoms in total. The second-order valence-electron chi connectivity index (χ2n) is 5.53.